The number of amides is 1. The van der Waals surface area contributed by atoms with Crippen molar-refractivity contribution in [1.82, 2.24) is 5.48 Å². The molecule has 5 heteroatoms. The minimum absolute atomic E-state index is 0.352. The maximum Gasteiger partial charge on any atom is 0.267 e. The van der Waals surface area contributed by atoms with Crippen molar-refractivity contribution in [3.8, 4) is 5.75 Å². The number of hydroxylamine groups is 1. The fraction of sp³-hybridized carbons (Fsp3) is 0.286. The molecule has 136 valence electrons. The van der Waals surface area contributed by atoms with E-state index in [1.54, 1.807) is 11.6 Å². The van der Waals surface area contributed by atoms with Crippen LogP contribution in [0.1, 0.15) is 36.8 Å². The molecule has 3 rings (SSSR count). The average Bonchev–Trinajstić information content (AvgIpc) is 3.18. The molecule has 2 aromatic rings. The zero-order valence-electron chi connectivity index (χ0n) is 14.7. The first-order valence-electron chi connectivity index (χ1n) is 8.94. The van der Waals surface area contributed by atoms with Gasteiger partial charge in [0.05, 0.1) is 6.10 Å². The molecule has 0 aliphatic heterocycles. The van der Waals surface area contributed by atoms with Gasteiger partial charge in [-0.3, -0.25) is 10.0 Å². The fourth-order valence-corrected chi connectivity index (χ4v) is 3.10. The summed E-state index contributed by atoms with van der Waals surface area (Å²) in [6.45, 7) is 0.667. The maximum atomic E-state index is 11.1. The van der Waals surface area contributed by atoms with Gasteiger partial charge in [0.1, 0.15) is 5.75 Å². The molecule has 1 fully saturated rings. The van der Waals surface area contributed by atoms with E-state index in [1.807, 2.05) is 48.5 Å². The number of ether oxygens (including phenoxy) is 1. The van der Waals surface area contributed by atoms with E-state index in [0.717, 1.165) is 35.4 Å². The van der Waals surface area contributed by atoms with Crippen LogP contribution in [-0.4, -0.2) is 17.2 Å². The lowest BCUT2D eigenvalue weighted by molar-refractivity contribution is -0.124. The number of rotatable bonds is 7. The number of hydrogen-bond acceptors (Lipinski definition) is 4. The Balaban J connectivity index is 1.58. The van der Waals surface area contributed by atoms with Crippen molar-refractivity contribution in [2.75, 3.05) is 5.32 Å². The van der Waals surface area contributed by atoms with Crippen LogP contribution in [0.3, 0.4) is 0 Å². The van der Waals surface area contributed by atoms with Crippen LogP contribution in [0, 0.1) is 0 Å². The van der Waals surface area contributed by atoms with Gasteiger partial charge in [0.15, 0.2) is 0 Å². The van der Waals surface area contributed by atoms with E-state index in [1.165, 1.54) is 18.9 Å². The number of nitrogens with one attached hydrogen (secondary N) is 2. The van der Waals surface area contributed by atoms with Crippen LogP contribution in [0.5, 0.6) is 5.75 Å². The highest BCUT2D eigenvalue weighted by Gasteiger charge is 2.16. The molecule has 0 spiro atoms. The largest absolute Gasteiger partial charge is 0.490 e. The van der Waals surface area contributed by atoms with Gasteiger partial charge in [0, 0.05) is 24.4 Å². The Morgan fingerprint density at radius 3 is 2.77 bits per heavy atom. The van der Waals surface area contributed by atoms with Gasteiger partial charge in [-0.25, -0.2) is 5.48 Å². The molecule has 26 heavy (non-hydrogen) atoms. The van der Waals surface area contributed by atoms with Gasteiger partial charge in [0.25, 0.3) is 5.91 Å². The number of benzene rings is 2. The molecule has 3 N–H and O–H groups in total. The zero-order chi connectivity index (χ0) is 18.2. The Hall–Kier alpha value is -2.79. The van der Waals surface area contributed by atoms with E-state index in [9.17, 15) is 4.79 Å². The predicted molar refractivity (Wildman–Crippen MR) is 102 cm³/mol. The summed E-state index contributed by atoms with van der Waals surface area (Å²) in [5.74, 6) is 0.362. The Labute approximate surface area is 153 Å². The van der Waals surface area contributed by atoms with Crippen molar-refractivity contribution in [3.05, 3.63) is 65.7 Å². The predicted octanol–water partition coefficient (Wildman–Crippen LogP) is 4.14. The summed E-state index contributed by atoms with van der Waals surface area (Å²) in [5, 5.41) is 11.9. The summed E-state index contributed by atoms with van der Waals surface area (Å²) >= 11 is 0. The van der Waals surface area contributed by atoms with Crippen molar-refractivity contribution >= 4 is 17.7 Å². The lowest BCUT2D eigenvalue weighted by Crippen LogP contribution is -2.14. The minimum Gasteiger partial charge on any atom is -0.490 e. The lowest BCUT2D eigenvalue weighted by atomic mass is 10.1. The summed E-state index contributed by atoms with van der Waals surface area (Å²) in [5.41, 5.74) is 4.58. The molecule has 0 aromatic heterocycles. The third-order valence-corrected chi connectivity index (χ3v) is 4.42. The maximum absolute atomic E-state index is 11.1. The highest BCUT2D eigenvalue weighted by atomic mass is 16.5. The van der Waals surface area contributed by atoms with Crippen molar-refractivity contribution in [1.29, 1.82) is 0 Å². The smallest absolute Gasteiger partial charge is 0.267 e. The first kappa shape index (κ1) is 18.0. The van der Waals surface area contributed by atoms with Crippen LogP contribution >= 0.6 is 0 Å². The summed E-state index contributed by atoms with van der Waals surface area (Å²) in [7, 11) is 0. The number of hydrogen-bond donors (Lipinski definition) is 3. The molecule has 1 saturated carbocycles. The highest BCUT2D eigenvalue weighted by molar-refractivity contribution is 5.90. The van der Waals surface area contributed by atoms with Crippen molar-refractivity contribution in [2.45, 2.75) is 38.3 Å². The number of anilines is 1. The average molecular weight is 352 g/mol. The summed E-state index contributed by atoms with van der Waals surface area (Å²) < 4.78 is 6.04. The Morgan fingerprint density at radius 1 is 1.15 bits per heavy atom. The second-order valence-electron chi connectivity index (χ2n) is 6.46. The number of carbonyl (C=O) groups excluding carboxylic acids is 1. The Kier molecular flexibility index (Phi) is 6.28. The molecule has 1 aliphatic rings. The van der Waals surface area contributed by atoms with E-state index < -0.39 is 5.91 Å². The molecule has 0 unspecified atom stereocenters. The van der Waals surface area contributed by atoms with Gasteiger partial charge in [0.2, 0.25) is 0 Å². The summed E-state index contributed by atoms with van der Waals surface area (Å²) in [6, 6.07) is 15.9. The normalized spacial score (nSPS) is 14.5. The van der Waals surface area contributed by atoms with Crippen LogP contribution in [0.4, 0.5) is 5.69 Å². The van der Waals surface area contributed by atoms with E-state index in [2.05, 4.69) is 5.32 Å². The van der Waals surface area contributed by atoms with Crippen LogP contribution in [-0.2, 0) is 11.3 Å². The molecule has 5 nitrogen and oxygen atoms in total. The van der Waals surface area contributed by atoms with E-state index >= 15 is 0 Å². The van der Waals surface area contributed by atoms with Crippen LogP contribution in [0.15, 0.2) is 54.6 Å². The SMILES string of the molecule is O=C(/C=C/c1cccc(CNc2cccc(OC3CCCC3)c2)c1)NO. The van der Waals surface area contributed by atoms with Crippen LogP contribution < -0.4 is 15.5 Å². The van der Waals surface area contributed by atoms with Crippen LogP contribution in [0.2, 0.25) is 0 Å². The third kappa shape index (κ3) is 5.36. The molecule has 0 atom stereocenters. The molecule has 2 aromatic carbocycles. The molecule has 0 radical (unpaired) electrons. The van der Waals surface area contributed by atoms with Crippen molar-refractivity contribution in [3.63, 3.8) is 0 Å². The molecular formula is C21H24N2O3. The highest BCUT2D eigenvalue weighted by Crippen LogP contribution is 2.26. The zero-order valence-corrected chi connectivity index (χ0v) is 14.7. The fourth-order valence-electron chi connectivity index (χ4n) is 3.10. The Morgan fingerprint density at radius 2 is 1.96 bits per heavy atom. The van der Waals surface area contributed by atoms with E-state index in [4.69, 9.17) is 9.94 Å². The van der Waals surface area contributed by atoms with Gasteiger partial charge in [-0.2, -0.15) is 0 Å². The summed E-state index contributed by atoms with van der Waals surface area (Å²) in [6.07, 6.45) is 8.10. The molecular weight excluding hydrogens is 328 g/mol. The van der Waals surface area contributed by atoms with Gasteiger partial charge in [-0.15, -0.1) is 0 Å². The molecule has 0 bridgehead atoms. The second kappa shape index (κ2) is 9.06. The van der Waals surface area contributed by atoms with Gasteiger partial charge >= 0.3 is 0 Å². The monoisotopic (exact) mass is 352 g/mol. The molecule has 0 heterocycles. The number of carbonyl (C=O) groups is 1. The first-order valence-corrected chi connectivity index (χ1v) is 8.94. The Bertz CT molecular complexity index is 767. The molecule has 1 aliphatic carbocycles. The van der Waals surface area contributed by atoms with Crippen LogP contribution in [0.25, 0.3) is 6.08 Å². The van der Waals surface area contributed by atoms with Crippen molar-refractivity contribution in [2.24, 2.45) is 0 Å². The molecule has 0 saturated heterocycles. The first-order chi connectivity index (χ1) is 12.7. The standard InChI is InChI=1S/C21H24N2O3/c24-21(23-25)12-11-16-5-3-6-17(13-16)15-22-18-7-4-10-20(14-18)26-19-8-1-2-9-19/h3-7,10-14,19,22,25H,1-2,8-9,15H2,(H,23,24)/b12-11+. The van der Waals surface area contributed by atoms with Crippen molar-refractivity contribution < 1.29 is 14.7 Å². The summed E-state index contributed by atoms with van der Waals surface area (Å²) in [4.78, 5) is 11.1. The quantitative estimate of drug-likeness (QED) is 0.398. The molecule has 1 amide bonds. The topological polar surface area (TPSA) is 70.6 Å². The lowest BCUT2D eigenvalue weighted by Gasteiger charge is -2.14. The third-order valence-electron chi connectivity index (χ3n) is 4.42. The second-order valence-corrected chi connectivity index (χ2v) is 6.46. The van der Waals surface area contributed by atoms with Gasteiger partial charge in [-0.05, 0) is 61.1 Å². The minimum atomic E-state index is -0.549. The van der Waals surface area contributed by atoms with Gasteiger partial charge in [-0.1, -0.05) is 24.3 Å². The van der Waals surface area contributed by atoms with E-state index in [-0.39, 0.29) is 0 Å². The van der Waals surface area contributed by atoms with E-state index in [0.29, 0.717) is 12.6 Å². The van der Waals surface area contributed by atoms with Gasteiger partial charge < -0.3 is 10.1 Å².